The highest BCUT2D eigenvalue weighted by molar-refractivity contribution is 6.46. The van der Waals surface area contributed by atoms with Gasteiger partial charge in [0.15, 0.2) is 0 Å². The van der Waals surface area contributed by atoms with Crippen LogP contribution in [0.25, 0.3) is 5.57 Å². The highest BCUT2D eigenvalue weighted by atomic mass is 19.1. The number of amides is 2. The molecule has 0 unspecified atom stereocenters. The minimum absolute atomic E-state index is 0.148. The number of carbonyl (C=O) groups is 2. The second-order valence-electron chi connectivity index (χ2n) is 7.53. The van der Waals surface area contributed by atoms with E-state index in [1.165, 1.54) is 24.3 Å². The molecule has 32 heavy (non-hydrogen) atoms. The van der Waals surface area contributed by atoms with E-state index in [0.717, 1.165) is 16.0 Å². The van der Waals surface area contributed by atoms with Gasteiger partial charge in [0.25, 0.3) is 11.8 Å². The van der Waals surface area contributed by atoms with Crippen LogP contribution in [-0.4, -0.2) is 18.4 Å². The van der Waals surface area contributed by atoms with E-state index in [0.29, 0.717) is 29.3 Å². The minimum Gasteiger partial charge on any atom is -0.492 e. The number of nitrogens with zero attached hydrogens (tertiary/aromatic N) is 1. The van der Waals surface area contributed by atoms with Crippen molar-refractivity contribution in [1.82, 2.24) is 0 Å². The molecule has 0 bridgehead atoms. The zero-order chi connectivity index (χ0) is 22.8. The molecular formula is C26H23FN2O3. The number of carbonyl (C=O) groups excluding carboxylic acids is 2. The van der Waals surface area contributed by atoms with Crippen LogP contribution in [-0.2, 0) is 9.59 Å². The molecule has 1 heterocycles. The van der Waals surface area contributed by atoms with E-state index >= 15 is 0 Å². The van der Waals surface area contributed by atoms with Crippen molar-refractivity contribution in [3.63, 3.8) is 0 Å². The molecule has 6 heteroatoms. The Bertz CT molecular complexity index is 1230. The third-order valence-corrected chi connectivity index (χ3v) is 5.41. The second kappa shape index (κ2) is 8.67. The molecule has 0 saturated carbocycles. The number of ether oxygens (including phenoxy) is 1. The second-order valence-corrected chi connectivity index (χ2v) is 7.53. The summed E-state index contributed by atoms with van der Waals surface area (Å²) in [5.41, 5.74) is 4.00. The van der Waals surface area contributed by atoms with Gasteiger partial charge in [-0.3, -0.25) is 9.59 Å². The molecule has 0 radical (unpaired) electrons. The number of benzene rings is 3. The number of imide groups is 1. The maximum Gasteiger partial charge on any atom is 0.282 e. The lowest BCUT2D eigenvalue weighted by molar-refractivity contribution is -0.120. The number of aryl methyl sites for hydroxylation is 2. The molecule has 1 aliphatic heterocycles. The highest BCUT2D eigenvalue weighted by Crippen LogP contribution is 2.36. The van der Waals surface area contributed by atoms with E-state index in [2.05, 4.69) is 5.32 Å². The van der Waals surface area contributed by atoms with E-state index in [9.17, 15) is 14.0 Å². The number of hydrogen-bond acceptors (Lipinski definition) is 4. The first-order chi connectivity index (χ1) is 15.4. The molecule has 0 aliphatic carbocycles. The molecule has 4 rings (SSSR count). The van der Waals surface area contributed by atoms with Gasteiger partial charge < -0.3 is 10.1 Å². The Labute approximate surface area is 186 Å². The number of halogens is 1. The Hall–Kier alpha value is -3.93. The molecule has 0 fully saturated rings. The summed E-state index contributed by atoms with van der Waals surface area (Å²) in [6, 6.07) is 18.1. The van der Waals surface area contributed by atoms with Gasteiger partial charge in [-0.05, 0) is 73.9 Å². The summed E-state index contributed by atoms with van der Waals surface area (Å²) in [5, 5.41) is 3.14. The zero-order valence-electron chi connectivity index (χ0n) is 18.1. The van der Waals surface area contributed by atoms with Crippen LogP contribution in [0.4, 0.5) is 15.8 Å². The van der Waals surface area contributed by atoms with Crippen LogP contribution in [0.1, 0.15) is 23.6 Å². The number of anilines is 2. The summed E-state index contributed by atoms with van der Waals surface area (Å²) in [6.45, 7) is 6.26. The van der Waals surface area contributed by atoms with Crippen molar-refractivity contribution in [3.8, 4) is 5.75 Å². The lowest BCUT2D eigenvalue weighted by Crippen LogP contribution is -2.32. The normalized spacial score (nSPS) is 13.7. The summed E-state index contributed by atoms with van der Waals surface area (Å²) in [7, 11) is 0. The van der Waals surface area contributed by atoms with Gasteiger partial charge in [0.05, 0.1) is 23.6 Å². The Kier molecular flexibility index (Phi) is 5.77. The number of hydrogen-bond donors (Lipinski definition) is 1. The molecule has 1 N–H and O–H groups in total. The van der Waals surface area contributed by atoms with Crippen molar-refractivity contribution in [2.24, 2.45) is 0 Å². The fourth-order valence-electron chi connectivity index (χ4n) is 3.62. The molecule has 162 valence electrons. The summed E-state index contributed by atoms with van der Waals surface area (Å²) in [6.07, 6.45) is 0. The van der Waals surface area contributed by atoms with Crippen molar-refractivity contribution in [2.45, 2.75) is 20.8 Å². The molecular weight excluding hydrogens is 407 g/mol. The van der Waals surface area contributed by atoms with E-state index in [-0.39, 0.29) is 11.3 Å². The Morgan fingerprint density at radius 2 is 1.62 bits per heavy atom. The van der Waals surface area contributed by atoms with E-state index in [4.69, 9.17) is 4.74 Å². The van der Waals surface area contributed by atoms with Crippen molar-refractivity contribution >= 4 is 28.8 Å². The summed E-state index contributed by atoms with van der Waals surface area (Å²) >= 11 is 0. The lowest BCUT2D eigenvalue weighted by atomic mass is 9.99. The molecule has 0 saturated heterocycles. The predicted octanol–water partition coefficient (Wildman–Crippen LogP) is 5.24. The molecule has 2 amide bonds. The summed E-state index contributed by atoms with van der Waals surface area (Å²) in [4.78, 5) is 28.0. The van der Waals surface area contributed by atoms with Gasteiger partial charge in [-0.15, -0.1) is 0 Å². The van der Waals surface area contributed by atoms with Crippen LogP contribution < -0.4 is 15.0 Å². The molecule has 3 aromatic carbocycles. The maximum absolute atomic E-state index is 13.5. The molecule has 5 nitrogen and oxygen atoms in total. The van der Waals surface area contributed by atoms with Gasteiger partial charge in [0.1, 0.15) is 17.3 Å². The van der Waals surface area contributed by atoms with Gasteiger partial charge in [-0.2, -0.15) is 0 Å². The van der Waals surface area contributed by atoms with Crippen LogP contribution >= 0.6 is 0 Å². The topological polar surface area (TPSA) is 58.6 Å². The first-order valence-corrected chi connectivity index (χ1v) is 10.4. The third-order valence-electron chi connectivity index (χ3n) is 5.41. The fraction of sp³-hybridized carbons (Fsp3) is 0.154. The minimum atomic E-state index is -0.513. The van der Waals surface area contributed by atoms with Gasteiger partial charge >= 0.3 is 0 Å². The van der Waals surface area contributed by atoms with Crippen molar-refractivity contribution in [1.29, 1.82) is 0 Å². The standard InChI is InChI=1S/C26H23FN2O3/c1-4-32-22-8-6-5-7-21(22)28-24-23(18-10-9-16(2)17(3)15-18)25(30)29(26(24)31)20-13-11-19(27)12-14-20/h5-15,28H,4H2,1-3H3. The Balaban J connectivity index is 1.85. The van der Waals surface area contributed by atoms with Crippen LogP contribution in [0, 0.1) is 19.7 Å². The number of para-hydroxylation sites is 2. The van der Waals surface area contributed by atoms with Gasteiger partial charge in [-0.1, -0.05) is 30.3 Å². The van der Waals surface area contributed by atoms with E-state index in [1.807, 2.05) is 51.1 Å². The van der Waals surface area contributed by atoms with E-state index in [1.54, 1.807) is 12.1 Å². The van der Waals surface area contributed by atoms with E-state index < -0.39 is 17.6 Å². The summed E-state index contributed by atoms with van der Waals surface area (Å²) < 4.78 is 19.1. The Morgan fingerprint density at radius 1 is 0.906 bits per heavy atom. The average molecular weight is 430 g/mol. The molecule has 0 atom stereocenters. The first kappa shape index (κ1) is 21.3. The highest BCUT2D eigenvalue weighted by Gasteiger charge is 2.40. The largest absolute Gasteiger partial charge is 0.492 e. The van der Waals surface area contributed by atoms with Gasteiger partial charge in [-0.25, -0.2) is 9.29 Å². The quantitative estimate of drug-likeness (QED) is 0.544. The zero-order valence-corrected chi connectivity index (χ0v) is 18.1. The molecule has 1 aliphatic rings. The lowest BCUT2D eigenvalue weighted by Gasteiger charge is -2.16. The number of nitrogens with one attached hydrogen (secondary N) is 1. The summed E-state index contributed by atoms with van der Waals surface area (Å²) in [5.74, 6) is -0.857. The van der Waals surface area contributed by atoms with Crippen LogP contribution in [0.5, 0.6) is 5.75 Å². The molecule has 3 aromatic rings. The monoisotopic (exact) mass is 430 g/mol. The molecule has 0 spiro atoms. The predicted molar refractivity (Wildman–Crippen MR) is 123 cm³/mol. The van der Waals surface area contributed by atoms with Gasteiger partial charge in [0, 0.05) is 0 Å². The van der Waals surface area contributed by atoms with Gasteiger partial charge in [0.2, 0.25) is 0 Å². The van der Waals surface area contributed by atoms with Crippen LogP contribution in [0.2, 0.25) is 0 Å². The van der Waals surface area contributed by atoms with Crippen molar-refractivity contribution in [2.75, 3.05) is 16.8 Å². The Morgan fingerprint density at radius 3 is 2.31 bits per heavy atom. The van der Waals surface area contributed by atoms with Crippen LogP contribution in [0.3, 0.4) is 0 Å². The van der Waals surface area contributed by atoms with Crippen LogP contribution in [0.15, 0.2) is 72.4 Å². The number of rotatable bonds is 6. The fourth-order valence-corrected chi connectivity index (χ4v) is 3.62. The third kappa shape index (κ3) is 3.87. The smallest absolute Gasteiger partial charge is 0.282 e. The van der Waals surface area contributed by atoms with Crippen molar-refractivity contribution in [3.05, 3.63) is 94.9 Å². The molecule has 0 aromatic heterocycles. The first-order valence-electron chi connectivity index (χ1n) is 10.4. The SMILES string of the molecule is CCOc1ccccc1NC1=C(c2ccc(C)c(C)c2)C(=O)N(c2ccc(F)cc2)C1=O. The average Bonchev–Trinajstić information content (AvgIpc) is 3.02. The maximum atomic E-state index is 13.5. The van der Waals surface area contributed by atoms with Crippen molar-refractivity contribution < 1.29 is 18.7 Å².